The molecular formula is C30H30ClFN4O3. The molecule has 1 saturated carbocycles. The number of anilines is 1. The number of nitrogens with zero attached hydrogens (tertiary/aromatic N) is 2. The lowest BCUT2D eigenvalue weighted by molar-refractivity contribution is 0.0699. The van der Waals surface area contributed by atoms with Crippen molar-refractivity contribution in [2.75, 3.05) is 25.1 Å². The number of hydrogen-bond donors (Lipinski definition) is 2. The van der Waals surface area contributed by atoms with Crippen LogP contribution in [-0.2, 0) is 4.74 Å². The minimum Gasteiger partial charge on any atom is -0.457 e. The Hall–Kier alpha value is -3.62. The van der Waals surface area contributed by atoms with Gasteiger partial charge >= 0.3 is 0 Å². The maximum absolute atomic E-state index is 14.1. The number of imidazole rings is 1. The minimum atomic E-state index is -0.542. The normalized spacial score (nSPS) is 15.9. The van der Waals surface area contributed by atoms with Crippen molar-refractivity contribution in [2.24, 2.45) is 5.92 Å². The topological polar surface area (TPSA) is 77.4 Å². The van der Waals surface area contributed by atoms with Crippen molar-refractivity contribution in [2.45, 2.75) is 38.6 Å². The molecule has 0 bridgehead atoms. The van der Waals surface area contributed by atoms with Gasteiger partial charge in [0.15, 0.2) is 0 Å². The fourth-order valence-corrected chi connectivity index (χ4v) is 5.03. The predicted molar refractivity (Wildman–Crippen MR) is 150 cm³/mol. The molecule has 9 heteroatoms. The lowest BCUT2D eigenvalue weighted by Gasteiger charge is -2.23. The Bertz CT molecular complexity index is 1530. The number of nitrogens with one attached hydrogen (secondary N) is 2. The van der Waals surface area contributed by atoms with Crippen LogP contribution in [0, 0.1) is 18.7 Å². The van der Waals surface area contributed by atoms with Gasteiger partial charge in [0.1, 0.15) is 29.2 Å². The Kier molecular flexibility index (Phi) is 7.14. The fourth-order valence-electron chi connectivity index (χ4n) is 4.91. The first-order chi connectivity index (χ1) is 18.9. The Balaban J connectivity index is 1.35. The van der Waals surface area contributed by atoms with Gasteiger partial charge in [0.05, 0.1) is 16.2 Å². The van der Waals surface area contributed by atoms with Crippen LogP contribution < -0.4 is 15.4 Å². The third-order valence-corrected chi connectivity index (χ3v) is 7.63. The lowest BCUT2D eigenvalue weighted by atomic mass is 10.0. The number of rotatable bonds is 8. The van der Waals surface area contributed by atoms with Crippen molar-refractivity contribution in [1.29, 1.82) is 0 Å². The standard InChI is InChI=1S/C30H30ClFN4O3/c1-18-12-21(4-6-24(18)30(37)35-20-2-3-20)36-17-34-29-27(33-16-19-8-10-38-11-9-19)14-23(15-28(29)36)39-22-5-7-25(31)26(32)13-22/h4-7,12-15,17,19-20,33H,2-3,8-11,16H2,1H3,(H,35,37). The summed E-state index contributed by atoms with van der Waals surface area (Å²) in [5.74, 6) is 0.807. The summed E-state index contributed by atoms with van der Waals surface area (Å²) >= 11 is 5.86. The molecule has 202 valence electrons. The largest absolute Gasteiger partial charge is 0.457 e. The first kappa shape index (κ1) is 25.6. The second-order valence-electron chi connectivity index (χ2n) is 10.3. The molecule has 2 aliphatic rings. The molecule has 1 aliphatic heterocycles. The number of carbonyl (C=O) groups is 1. The number of hydrogen-bond acceptors (Lipinski definition) is 5. The quantitative estimate of drug-likeness (QED) is 0.258. The average Bonchev–Trinajstić information content (AvgIpc) is 3.65. The summed E-state index contributed by atoms with van der Waals surface area (Å²) in [5.41, 5.74) is 4.88. The summed E-state index contributed by atoms with van der Waals surface area (Å²) < 4.78 is 27.7. The van der Waals surface area contributed by atoms with Gasteiger partial charge in [0.2, 0.25) is 0 Å². The predicted octanol–water partition coefficient (Wildman–Crippen LogP) is 6.65. The van der Waals surface area contributed by atoms with Crippen LogP contribution in [0.4, 0.5) is 10.1 Å². The number of carbonyl (C=O) groups excluding carboxylic acids is 1. The van der Waals surface area contributed by atoms with Gasteiger partial charge in [0, 0.05) is 55.3 Å². The summed E-state index contributed by atoms with van der Waals surface area (Å²) in [6, 6.07) is 14.2. The molecule has 1 aromatic heterocycles. The molecule has 0 radical (unpaired) electrons. The molecule has 0 atom stereocenters. The number of benzene rings is 3. The van der Waals surface area contributed by atoms with Crippen molar-refractivity contribution >= 4 is 34.2 Å². The number of ether oxygens (including phenoxy) is 2. The molecule has 2 fully saturated rings. The van der Waals surface area contributed by atoms with Gasteiger partial charge < -0.3 is 20.1 Å². The number of aryl methyl sites for hydroxylation is 1. The van der Waals surface area contributed by atoms with Gasteiger partial charge in [0.25, 0.3) is 5.91 Å². The Morgan fingerprint density at radius 1 is 1.10 bits per heavy atom. The Morgan fingerprint density at radius 3 is 2.67 bits per heavy atom. The highest BCUT2D eigenvalue weighted by Crippen LogP contribution is 2.34. The third kappa shape index (κ3) is 5.72. The van der Waals surface area contributed by atoms with Crippen molar-refractivity contribution < 1.29 is 18.7 Å². The summed E-state index contributed by atoms with van der Waals surface area (Å²) in [5, 5.41) is 6.67. The second kappa shape index (κ2) is 10.9. The molecule has 1 saturated heterocycles. The summed E-state index contributed by atoms with van der Waals surface area (Å²) in [4.78, 5) is 17.4. The first-order valence-corrected chi connectivity index (χ1v) is 13.7. The van der Waals surface area contributed by atoms with Gasteiger partial charge in [-0.25, -0.2) is 9.37 Å². The van der Waals surface area contributed by atoms with E-state index in [-0.39, 0.29) is 10.9 Å². The highest BCUT2D eigenvalue weighted by Gasteiger charge is 2.24. The molecule has 3 aromatic carbocycles. The van der Waals surface area contributed by atoms with Crippen molar-refractivity contribution in [1.82, 2.24) is 14.9 Å². The molecule has 2 N–H and O–H groups in total. The van der Waals surface area contributed by atoms with Crippen LogP contribution in [0.1, 0.15) is 41.6 Å². The van der Waals surface area contributed by atoms with E-state index in [2.05, 4.69) is 10.6 Å². The maximum Gasteiger partial charge on any atom is 0.251 e. The summed E-state index contributed by atoms with van der Waals surface area (Å²) in [6.45, 7) is 4.27. The van der Waals surface area contributed by atoms with Gasteiger partial charge in [-0.05, 0) is 74.4 Å². The van der Waals surface area contributed by atoms with E-state index in [1.807, 2.05) is 41.8 Å². The molecule has 0 spiro atoms. The molecule has 1 aliphatic carbocycles. The van der Waals surface area contributed by atoms with Crippen LogP contribution in [0.5, 0.6) is 11.5 Å². The van der Waals surface area contributed by atoms with E-state index in [4.69, 9.17) is 26.1 Å². The molecule has 1 amide bonds. The zero-order chi connectivity index (χ0) is 26.9. The lowest BCUT2D eigenvalue weighted by Crippen LogP contribution is -2.26. The zero-order valence-corrected chi connectivity index (χ0v) is 22.4. The van der Waals surface area contributed by atoms with Gasteiger partial charge in [-0.15, -0.1) is 0 Å². The van der Waals surface area contributed by atoms with E-state index in [0.29, 0.717) is 29.0 Å². The first-order valence-electron chi connectivity index (χ1n) is 13.3. The van der Waals surface area contributed by atoms with E-state index < -0.39 is 5.82 Å². The van der Waals surface area contributed by atoms with Crippen molar-refractivity contribution in [3.63, 3.8) is 0 Å². The van der Waals surface area contributed by atoms with E-state index in [0.717, 1.165) is 73.4 Å². The SMILES string of the molecule is Cc1cc(-n2cnc3c(NCC4CCOCC4)cc(Oc4ccc(Cl)c(F)c4)cc32)ccc1C(=O)NC1CC1. The molecule has 2 heterocycles. The molecule has 0 unspecified atom stereocenters. The van der Waals surface area contributed by atoms with Crippen LogP contribution in [0.25, 0.3) is 16.7 Å². The number of halogens is 2. The average molecular weight is 549 g/mol. The molecule has 39 heavy (non-hydrogen) atoms. The second-order valence-corrected chi connectivity index (χ2v) is 10.7. The van der Waals surface area contributed by atoms with E-state index in [1.54, 1.807) is 12.4 Å². The smallest absolute Gasteiger partial charge is 0.251 e. The minimum absolute atomic E-state index is 0.0393. The summed E-state index contributed by atoms with van der Waals surface area (Å²) in [7, 11) is 0. The van der Waals surface area contributed by atoms with E-state index in [9.17, 15) is 9.18 Å². The van der Waals surface area contributed by atoms with Crippen LogP contribution in [0.3, 0.4) is 0 Å². The van der Waals surface area contributed by atoms with Gasteiger partial charge in [-0.3, -0.25) is 9.36 Å². The van der Waals surface area contributed by atoms with Gasteiger partial charge in [-0.1, -0.05) is 11.6 Å². The summed E-state index contributed by atoms with van der Waals surface area (Å²) in [6.07, 6.45) is 5.87. The van der Waals surface area contributed by atoms with Crippen LogP contribution in [0.15, 0.2) is 54.9 Å². The fraction of sp³-hybridized carbons (Fsp3) is 0.333. The van der Waals surface area contributed by atoms with E-state index >= 15 is 0 Å². The monoisotopic (exact) mass is 548 g/mol. The molecular weight excluding hydrogens is 519 g/mol. The molecule has 4 aromatic rings. The highest BCUT2D eigenvalue weighted by molar-refractivity contribution is 6.30. The number of aromatic nitrogens is 2. The Labute approximate surface area is 231 Å². The van der Waals surface area contributed by atoms with Crippen LogP contribution in [0.2, 0.25) is 5.02 Å². The number of amides is 1. The van der Waals surface area contributed by atoms with Gasteiger partial charge in [-0.2, -0.15) is 0 Å². The maximum atomic E-state index is 14.1. The number of fused-ring (bicyclic) bond motifs is 1. The van der Waals surface area contributed by atoms with E-state index in [1.165, 1.54) is 12.1 Å². The van der Waals surface area contributed by atoms with Crippen LogP contribution >= 0.6 is 11.6 Å². The molecule has 7 nitrogen and oxygen atoms in total. The third-order valence-electron chi connectivity index (χ3n) is 7.32. The van der Waals surface area contributed by atoms with Crippen molar-refractivity contribution in [3.8, 4) is 17.2 Å². The Morgan fingerprint density at radius 2 is 1.92 bits per heavy atom. The zero-order valence-electron chi connectivity index (χ0n) is 21.7. The van der Waals surface area contributed by atoms with Crippen LogP contribution in [-0.4, -0.2) is 41.3 Å². The molecule has 6 rings (SSSR count). The van der Waals surface area contributed by atoms with Crippen molar-refractivity contribution in [3.05, 3.63) is 76.8 Å². The highest BCUT2D eigenvalue weighted by atomic mass is 35.5.